The zero-order valence-electron chi connectivity index (χ0n) is 6.62. The second-order valence-electron chi connectivity index (χ2n) is 2.79. The minimum atomic E-state index is -0.682. The SMILES string of the molecule is COCCN1CC(C(=O)O)C1. The monoisotopic (exact) mass is 159 g/mol. The van der Waals surface area contributed by atoms with Gasteiger partial charge >= 0.3 is 5.97 Å². The quantitative estimate of drug-likeness (QED) is 0.609. The summed E-state index contributed by atoms with van der Waals surface area (Å²) in [4.78, 5) is 12.4. The molecule has 1 aliphatic heterocycles. The van der Waals surface area contributed by atoms with Crippen LogP contribution in [0.1, 0.15) is 0 Å². The van der Waals surface area contributed by atoms with Gasteiger partial charge in [0.15, 0.2) is 0 Å². The third-order valence-electron chi connectivity index (χ3n) is 1.92. The van der Waals surface area contributed by atoms with Gasteiger partial charge in [0.2, 0.25) is 0 Å². The van der Waals surface area contributed by atoms with E-state index in [1.54, 1.807) is 7.11 Å². The molecule has 0 radical (unpaired) electrons. The number of ether oxygens (including phenoxy) is 1. The molecule has 1 aliphatic rings. The van der Waals surface area contributed by atoms with E-state index < -0.39 is 5.97 Å². The van der Waals surface area contributed by atoms with Gasteiger partial charge in [-0.05, 0) is 0 Å². The molecule has 0 saturated carbocycles. The first kappa shape index (κ1) is 8.49. The highest BCUT2D eigenvalue weighted by atomic mass is 16.5. The number of carboxylic acid groups (broad SMARTS) is 1. The third kappa shape index (κ3) is 2.17. The van der Waals surface area contributed by atoms with Gasteiger partial charge in [-0.2, -0.15) is 0 Å². The molecule has 0 unspecified atom stereocenters. The third-order valence-corrected chi connectivity index (χ3v) is 1.92. The summed E-state index contributed by atoms with van der Waals surface area (Å²) in [5.74, 6) is -0.828. The highest BCUT2D eigenvalue weighted by molar-refractivity contribution is 5.71. The van der Waals surface area contributed by atoms with E-state index in [1.807, 2.05) is 0 Å². The molecule has 0 atom stereocenters. The first-order valence-electron chi connectivity index (χ1n) is 3.68. The Hall–Kier alpha value is -0.610. The summed E-state index contributed by atoms with van der Waals surface area (Å²) < 4.78 is 4.85. The zero-order valence-corrected chi connectivity index (χ0v) is 6.62. The van der Waals surface area contributed by atoms with Crippen LogP contribution >= 0.6 is 0 Å². The first-order valence-corrected chi connectivity index (χ1v) is 3.68. The van der Waals surface area contributed by atoms with E-state index in [9.17, 15) is 4.79 Å². The molecule has 1 rings (SSSR count). The van der Waals surface area contributed by atoms with Gasteiger partial charge in [0.05, 0.1) is 12.5 Å². The molecule has 4 heteroatoms. The minimum Gasteiger partial charge on any atom is -0.481 e. The van der Waals surface area contributed by atoms with Crippen molar-refractivity contribution in [3.63, 3.8) is 0 Å². The fourth-order valence-corrected chi connectivity index (χ4v) is 1.13. The smallest absolute Gasteiger partial charge is 0.309 e. The Kier molecular flexibility index (Phi) is 2.84. The fourth-order valence-electron chi connectivity index (χ4n) is 1.13. The second-order valence-corrected chi connectivity index (χ2v) is 2.79. The predicted molar refractivity (Wildman–Crippen MR) is 39.4 cm³/mol. The maximum absolute atomic E-state index is 10.3. The summed E-state index contributed by atoms with van der Waals surface area (Å²) in [5.41, 5.74) is 0. The van der Waals surface area contributed by atoms with Gasteiger partial charge in [-0.15, -0.1) is 0 Å². The molecule has 0 spiro atoms. The van der Waals surface area contributed by atoms with Crippen LogP contribution in [0.5, 0.6) is 0 Å². The van der Waals surface area contributed by atoms with Crippen molar-refractivity contribution >= 4 is 5.97 Å². The number of nitrogens with zero attached hydrogens (tertiary/aromatic N) is 1. The number of carboxylic acids is 1. The Bertz CT molecular complexity index is 143. The first-order chi connectivity index (χ1) is 5.24. The lowest BCUT2D eigenvalue weighted by Gasteiger charge is -2.36. The van der Waals surface area contributed by atoms with Crippen LogP contribution in [0.2, 0.25) is 0 Å². The maximum Gasteiger partial charge on any atom is 0.309 e. The van der Waals surface area contributed by atoms with Crippen molar-refractivity contribution in [1.82, 2.24) is 4.90 Å². The van der Waals surface area contributed by atoms with Gasteiger partial charge in [0, 0.05) is 26.7 Å². The van der Waals surface area contributed by atoms with Crippen molar-refractivity contribution in [2.45, 2.75) is 0 Å². The average molecular weight is 159 g/mol. The van der Waals surface area contributed by atoms with Crippen molar-refractivity contribution in [3.05, 3.63) is 0 Å². The molecule has 1 heterocycles. The standard InChI is InChI=1S/C7H13NO3/c1-11-3-2-8-4-6(5-8)7(9)10/h6H,2-5H2,1H3,(H,9,10). The summed E-state index contributed by atoms with van der Waals surface area (Å²) in [5, 5.41) is 8.52. The number of rotatable bonds is 4. The fraction of sp³-hybridized carbons (Fsp3) is 0.857. The number of carbonyl (C=O) groups is 1. The largest absolute Gasteiger partial charge is 0.481 e. The number of aliphatic carboxylic acids is 1. The highest BCUT2D eigenvalue weighted by Gasteiger charge is 2.31. The number of hydrogen-bond donors (Lipinski definition) is 1. The van der Waals surface area contributed by atoms with E-state index in [0.29, 0.717) is 19.7 Å². The molecule has 0 aromatic rings. The molecule has 1 fully saturated rings. The molecule has 0 aromatic carbocycles. The topological polar surface area (TPSA) is 49.8 Å². The van der Waals surface area contributed by atoms with Crippen molar-refractivity contribution < 1.29 is 14.6 Å². The molecule has 0 aromatic heterocycles. The van der Waals surface area contributed by atoms with Crippen LogP contribution in [0.25, 0.3) is 0 Å². The van der Waals surface area contributed by atoms with Gasteiger partial charge in [0.25, 0.3) is 0 Å². The molecule has 1 N–H and O–H groups in total. The van der Waals surface area contributed by atoms with Gasteiger partial charge in [0.1, 0.15) is 0 Å². The molecule has 0 amide bonds. The lowest BCUT2D eigenvalue weighted by molar-refractivity contribution is -0.147. The van der Waals surface area contributed by atoms with Gasteiger partial charge in [-0.3, -0.25) is 9.69 Å². The summed E-state index contributed by atoms with van der Waals surface area (Å²) in [6, 6.07) is 0. The van der Waals surface area contributed by atoms with E-state index in [1.165, 1.54) is 0 Å². The number of methoxy groups -OCH3 is 1. The van der Waals surface area contributed by atoms with Crippen molar-refractivity contribution in [3.8, 4) is 0 Å². The van der Waals surface area contributed by atoms with Crippen molar-refractivity contribution in [1.29, 1.82) is 0 Å². The molecule has 1 saturated heterocycles. The van der Waals surface area contributed by atoms with Crippen LogP contribution in [-0.4, -0.2) is 49.3 Å². The van der Waals surface area contributed by atoms with Gasteiger partial charge < -0.3 is 9.84 Å². The summed E-state index contributed by atoms with van der Waals surface area (Å²) in [7, 11) is 1.65. The van der Waals surface area contributed by atoms with Crippen LogP contribution in [0.15, 0.2) is 0 Å². The zero-order chi connectivity index (χ0) is 8.27. The second kappa shape index (κ2) is 3.69. The van der Waals surface area contributed by atoms with Crippen LogP contribution in [-0.2, 0) is 9.53 Å². The molecule has 64 valence electrons. The highest BCUT2D eigenvalue weighted by Crippen LogP contribution is 2.14. The van der Waals surface area contributed by atoms with Crippen LogP contribution in [0.3, 0.4) is 0 Å². The average Bonchev–Trinajstić information content (AvgIpc) is 1.84. The van der Waals surface area contributed by atoms with E-state index in [4.69, 9.17) is 9.84 Å². The number of likely N-dealkylation sites (tertiary alicyclic amines) is 1. The number of hydrogen-bond acceptors (Lipinski definition) is 3. The Morgan fingerprint density at radius 2 is 2.36 bits per heavy atom. The van der Waals surface area contributed by atoms with Crippen molar-refractivity contribution in [2.24, 2.45) is 5.92 Å². The molecule has 11 heavy (non-hydrogen) atoms. The van der Waals surface area contributed by atoms with E-state index in [2.05, 4.69) is 4.90 Å². The Morgan fingerprint density at radius 3 is 2.82 bits per heavy atom. The van der Waals surface area contributed by atoms with Crippen LogP contribution < -0.4 is 0 Å². The molecule has 4 nitrogen and oxygen atoms in total. The van der Waals surface area contributed by atoms with E-state index in [0.717, 1.165) is 6.54 Å². The Labute approximate surface area is 65.8 Å². The summed E-state index contributed by atoms with van der Waals surface area (Å²) in [6.45, 7) is 2.89. The summed E-state index contributed by atoms with van der Waals surface area (Å²) in [6.07, 6.45) is 0. The molecule has 0 bridgehead atoms. The predicted octanol–water partition coefficient (Wildman–Crippen LogP) is -0.351. The normalized spacial score (nSPS) is 19.7. The molecule has 0 aliphatic carbocycles. The lowest BCUT2D eigenvalue weighted by Crippen LogP contribution is -2.51. The Balaban J connectivity index is 2.05. The van der Waals surface area contributed by atoms with E-state index in [-0.39, 0.29) is 5.92 Å². The molecular weight excluding hydrogens is 146 g/mol. The van der Waals surface area contributed by atoms with Crippen LogP contribution in [0.4, 0.5) is 0 Å². The minimum absolute atomic E-state index is 0.146. The Morgan fingerprint density at radius 1 is 1.73 bits per heavy atom. The van der Waals surface area contributed by atoms with Crippen molar-refractivity contribution in [2.75, 3.05) is 33.4 Å². The molecular formula is C7H13NO3. The lowest BCUT2D eigenvalue weighted by atomic mass is 10.0. The summed E-state index contributed by atoms with van der Waals surface area (Å²) >= 11 is 0. The van der Waals surface area contributed by atoms with E-state index >= 15 is 0 Å². The van der Waals surface area contributed by atoms with Crippen LogP contribution in [0, 0.1) is 5.92 Å². The van der Waals surface area contributed by atoms with Gasteiger partial charge in [-0.25, -0.2) is 0 Å². The maximum atomic E-state index is 10.3. The van der Waals surface area contributed by atoms with Gasteiger partial charge in [-0.1, -0.05) is 0 Å².